The molecule has 3 nitrogen and oxygen atoms in total. The molecular formula is C26H36O3. The molecule has 4 atom stereocenters. The average Bonchev–Trinajstić information content (AvgIpc) is 2.78. The van der Waals surface area contributed by atoms with Gasteiger partial charge in [-0.3, -0.25) is 4.79 Å². The van der Waals surface area contributed by atoms with Gasteiger partial charge in [-0.25, -0.2) is 0 Å². The van der Waals surface area contributed by atoms with Gasteiger partial charge in [0.2, 0.25) is 0 Å². The molecule has 1 aromatic carbocycles. The zero-order valence-corrected chi connectivity index (χ0v) is 17.9. The topological polar surface area (TPSA) is 35.5 Å². The molecule has 3 fully saturated rings. The van der Waals surface area contributed by atoms with Crippen LogP contribution in [0.2, 0.25) is 0 Å². The first-order chi connectivity index (χ1) is 14.2. The Morgan fingerprint density at radius 3 is 2.28 bits per heavy atom. The molecule has 3 aliphatic rings. The number of carbonyl (C=O) groups excluding carboxylic acids is 1. The monoisotopic (exact) mass is 396 g/mol. The Balaban J connectivity index is 1.34. The fourth-order valence-corrected chi connectivity index (χ4v) is 6.41. The van der Waals surface area contributed by atoms with Gasteiger partial charge in [0, 0.05) is 0 Å². The van der Waals surface area contributed by atoms with Crippen LogP contribution in [0.25, 0.3) is 0 Å². The van der Waals surface area contributed by atoms with Crippen molar-refractivity contribution in [2.45, 2.75) is 64.2 Å². The molecule has 4 rings (SSSR count). The maximum absolute atomic E-state index is 13.0. The Bertz CT molecular complexity index is 686. The minimum Gasteiger partial charge on any atom is -0.497 e. The van der Waals surface area contributed by atoms with Gasteiger partial charge < -0.3 is 9.47 Å². The molecule has 3 aliphatic carbocycles. The summed E-state index contributed by atoms with van der Waals surface area (Å²) < 4.78 is 11.0. The van der Waals surface area contributed by atoms with Crippen LogP contribution in [0.5, 0.6) is 11.5 Å². The third-order valence-electron chi connectivity index (χ3n) is 8.09. The largest absolute Gasteiger partial charge is 0.497 e. The van der Waals surface area contributed by atoms with E-state index < -0.39 is 0 Å². The van der Waals surface area contributed by atoms with Crippen molar-refractivity contribution in [3.05, 3.63) is 36.9 Å². The quantitative estimate of drug-likeness (QED) is 0.327. The zero-order chi connectivity index (χ0) is 20.2. The highest BCUT2D eigenvalue weighted by Crippen LogP contribution is 2.50. The molecule has 0 amide bonds. The maximum atomic E-state index is 13.0. The maximum Gasteiger partial charge on any atom is 0.314 e. The third kappa shape index (κ3) is 4.70. The molecule has 3 heteroatoms. The smallest absolute Gasteiger partial charge is 0.314 e. The normalized spacial score (nSPS) is 34.7. The number of allylic oxidation sites excluding steroid dienone is 1. The van der Waals surface area contributed by atoms with E-state index in [1.165, 1.54) is 57.8 Å². The van der Waals surface area contributed by atoms with Crippen molar-refractivity contribution in [1.29, 1.82) is 0 Å². The molecule has 158 valence electrons. The number of hydrogen-bond acceptors (Lipinski definition) is 3. The predicted octanol–water partition coefficient (Wildman–Crippen LogP) is 6.43. The molecule has 0 N–H and O–H groups in total. The van der Waals surface area contributed by atoms with Crippen LogP contribution in [-0.4, -0.2) is 13.1 Å². The van der Waals surface area contributed by atoms with E-state index in [9.17, 15) is 4.79 Å². The van der Waals surface area contributed by atoms with Crippen LogP contribution in [0.4, 0.5) is 0 Å². The number of benzene rings is 1. The Hall–Kier alpha value is -1.77. The second-order valence-corrected chi connectivity index (χ2v) is 9.54. The minimum absolute atomic E-state index is 0.0187. The van der Waals surface area contributed by atoms with Gasteiger partial charge in [-0.05, 0) is 105 Å². The van der Waals surface area contributed by atoms with Crippen molar-refractivity contribution in [3.8, 4) is 11.5 Å². The van der Waals surface area contributed by atoms with Crippen molar-refractivity contribution < 1.29 is 14.3 Å². The highest BCUT2D eigenvalue weighted by atomic mass is 16.5. The summed E-state index contributed by atoms with van der Waals surface area (Å²) in [5, 5.41) is 0. The fraction of sp³-hybridized carbons (Fsp3) is 0.654. The highest BCUT2D eigenvalue weighted by Gasteiger charge is 2.43. The summed E-state index contributed by atoms with van der Waals surface area (Å²) in [6.45, 7) is 3.99. The standard InChI is InChI=1S/C26H36O3/c1-3-18-7-9-19(10-8-18)20-11-16-24-21(17-20)5-4-6-25(24)26(27)29-23-14-12-22(28-2)13-15-23/h3,12-15,18-21,24-25H,1,4-11,16-17H2,2H3. The number of methoxy groups -OCH3 is 1. The van der Waals surface area contributed by atoms with Gasteiger partial charge in [0.1, 0.15) is 11.5 Å². The highest BCUT2D eigenvalue weighted by molar-refractivity contribution is 5.75. The minimum atomic E-state index is -0.0187. The van der Waals surface area contributed by atoms with Crippen LogP contribution in [0.15, 0.2) is 36.9 Å². The van der Waals surface area contributed by atoms with Crippen molar-refractivity contribution in [2.24, 2.45) is 35.5 Å². The summed E-state index contributed by atoms with van der Waals surface area (Å²) in [6.07, 6.45) is 14.9. The average molecular weight is 397 g/mol. The van der Waals surface area contributed by atoms with E-state index in [1.54, 1.807) is 7.11 Å². The summed E-state index contributed by atoms with van der Waals surface area (Å²) in [7, 11) is 1.64. The molecule has 29 heavy (non-hydrogen) atoms. The first-order valence-corrected chi connectivity index (χ1v) is 11.7. The van der Waals surface area contributed by atoms with E-state index in [0.29, 0.717) is 17.6 Å². The lowest BCUT2D eigenvalue weighted by Crippen LogP contribution is -2.40. The molecule has 4 unspecified atom stereocenters. The van der Waals surface area contributed by atoms with Crippen LogP contribution in [0, 0.1) is 35.5 Å². The number of hydrogen-bond donors (Lipinski definition) is 0. The Kier molecular flexibility index (Phi) is 6.62. The van der Waals surface area contributed by atoms with E-state index in [4.69, 9.17) is 9.47 Å². The van der Waals surface area contributed by atoms with Crippen LogP contribution >= 0.6 is 0 Å². The van der Waals surface area contributed by atoms with Crippen LogP contribution < -0.4 is 9.47 Å². The lowest BCUT2D eigenvalue weighted by Gasteiger charge is -2.45. The summed E-state index contributed by atoms with van der Waals surface area (Å²) in [5.74, 6) is 5.23. The lowest BCUT2D eigenvalue weighted by atomic mass is 9.59. The fourth-order valence-electron chi connectivity index (χ4n) is 6.41. The second-order valence-electron chi connectivity index (χ2n) is 9.54. The van der Waals surface area contributed by atoms with Gasteiger partial charge in [-0.15, -0.1) is 6.58 Å². The molecule has 0 radical (unpaired) electrons. The van der Waals surface area contributed by atoms with Crippen molar-refractivity contribution in [3.63, 3.8) is 0 Å². The Morgan fingerprint density at radius 1 is 0.897 bits per heavy atom. The lowest BCUT2D eigenvalue weighted by molar-refractivity contribution is -0.144. The van der Waals surface area contributed by atoms with Crippen molar-refractivity contribution in [1.82, 2.24) is 0 Å². The van der Waals surface area contributed by atoms with Gasteiger partial charge in [0.25, 0.3) is 0 Å². The molecule has 0 aromatic heterocycles. The predicted molar refractivity (Wildman–Crippen MR) is 116 cm³/mol. The first-order valence-electron chi connectivity index (χ1n) is 11.7. The van der Waals surface area contributed by atoms with Gasteiger partial charge in [0.15, 0.2) is 0 Å². The van der Waals surface area contributed by atoms with Gasteiger partial charge in [0.05, 0.1) is 13.0 Å². The number of rotatable bonds is 5. The van der Waals surface area contributed by atoms with Gasteiger partial charge >= 0.3 is 5.97 Å². The molecule has 0 heterocycles. The van der Waals surface area contributed by atoms with Crippen LogP contribution in [0.3, 0.4) is 0 Å². The number of esters is 1. The summed E-state index contributed by atoms with van der Waals surface area (Å²) >= 11 is 0. The van der Waals surface area contributed by atoms with Crippen LogP contribution in [0.1, 0.15) is 64.2 Å². The van der Waals surface area contributed by atoms with Crippen LogP contribution in [-0.2, 0) is 4.79 Å². The second kappa shape index (κ2) is 9.36. The molecule has 0 spiro atoms. The van der Waals surface area contributed by atoms with E-state index in [2.05, 4.69) is 12.7 Å². The summed E-state index contributed by atoms with van der Waals surface area (Å²) in [6, 6.07) is 7.35. The molecule has 1 aromatic rings. The summed E-state index contributed by atoms with van der Waals surface area (Å²) in [4.78, 5) is 13.0. The Morgan fingerprint density at radius 2 is 1.59 bits per heavy atom. The molecule has 3 saturated carbocycles. The van der Waals surface area contributed by atoms with E-state index in [1.807, 2.05) is 24.3 Å². The number of carbonyl (C=O) groups is 1. The zero-order valence-electron chi connectivity index (χ0n) is 17.9. The van der Waals surface area contributed by atoms with E-state index in [0.717, 1.165) is 29.9 Å². The van der Waals surface area contributed by atoms with Crippen molar-refractivity contribution >= 4 is 5.97 Å². The number of fused-ring (bicyclic) bond motifs is 1. The van der Waals surface area contributed by atoms with E-state index >= 15 is 0 Å². The third-order valence-corrected chi connectivity index (χ3v) is 8.09. The molecule has 0 bridgehead atoms. The van der Waals surface area contributed by atoms with Crippen molar-refractivity contribution in [2.75, 3.05) is 7.11 Å². The molecular weight excluding hydrogens is 360 g/mol. The molecule has 0 aliphatic heterocycles. The summed E-state index contributed by atoms with van der Waals surface area (Å²) in [5.41, 5.74) is 0. The first kappa shape index (κ1) is 20.5. The Labute approximate surface area is 175 Å². The van der Waals surface area contributed by atoms with Gasteiger partial charge in [-0.1, -0.05) is 18.9 Å². The SMILES string of the molecule is C=CC1CCC(C2CCC3C(CCCC3C(=O)Oc3ccc(OC)cc3)C2)CC1. The molecule has 0 saturated heterocycles. The number of ether oxygens (including phenoxy) is 2. The van der Waals surface area contributed by atoms with Gasteiger partial charge in [-0.2, -0.15) is 0 Å². The van der Waals surface area contributed by atoms with E-state index in [-0.39, 0.29) is 11.9 Å².